The smallest absolute Gasteiger partial charge is 0.266 e. The second-order valence-electron chi connectivity index (χ2n) is 5.46. The zero-order valence-electron chi connectivity index (χ0n) is 11.7. The monoisotopic (exact) mass is 277 g/mol. The molecule has 1 aromatic heterocycles. The Bertz CT molecular complexity index is 576. The van der Waals surface area contributed by atoms with Gasteiger partial charge >= 0.3 is 0 Å². The topological polar surface area (TPSA) is 64.4 Å². The van der Waals surface area contributed by atoms with Gasteiger partial charge in [0.15, 0.2) is 0 Å². The summed E-state index contributed by atoms with van der Waals surface area (Å²) in [5, 5.41) is 4.28. The van der Waals surface area contributed by atoms with Gasteiger partial charge in [0.2, 0.25) is 5.91 Å². The van der Waals surface area contributed by atoms with Gasteiger partial charge in [-0.05, 0) is 24.8 Å². The number of nitrogens with zero attached hydrogens (tertiary/aromatic N) is 3. The Balaban J connectivity index is 1.76. The van der Waals surface area contributed by atoms with E-state index in [-0.39, 0.29) is 17.4 Å². The minimum absolute atomic E-state index is 0.0190. The molecule has 0 bridgehead atoms. The van der Waals surface area contributed by atoms with E-state index in [0.29, 0.717) is 32.7 Å². The highest BCUT2D eigenvalue weighted by Crippen LogP contribution is 2.24. The molecule has 3 rings (SSSR count). The molecule has 0 unspecified atom stereocenters. The van der Waals surface area contributed by atoms with E-state index in [4.69, 9.17) is 4.74 Å². The van der Waals surface area contributed by atoms with Crippen LogP contribution in [0.5, 0.6) is 0 Å². The lowest BCUT2D eigenvalue weighted by Gasteiger charge is -2.32. The molecule has 1 fully saturated rings. The van der Waals surface area contributed by atoms with Crippen molar-refractivity contribution in [3.05, 3.63) is 27.7 Å². The second kappa shape index (κ2) is 5.36. The quantitative estimate of drug-likeness (QED) is 0.710. The van der Waals surface area contributed by atoms with Gasteiger partial charge in [-0.3, -0.25) is 9.59 Å². The zero-order valence-corrected chi connectivity index (χ0v) is 11.7. The lowest BCUT2D eigenvalue weighted by atomic mass is 9.86. The Kier molecular flexibility index (Phi) is 3.56. The van der Waals surface area contributed by atoms with Crippen molar-refractivity contribution in [3.63, 3.8) is 0 Å². The van der Waals surface area contributed by atoms with Gasteiger partial charge in [0.05, 0.1) is 18.9 Å². The first-order chi connectivity index (χ1) is 9.65. The fourth-order valence-corrected chi connectivity index (χ4v) is 2.94. The van der Waals surface area contributed by atoms with Gasteiger partial charge in [0.25, 0.3) is 5.56 Å². The van der Waals surface area contributed by atoms with Crippen molar-refractivity contribution in [3.8, 4) is 0 Å². The molecule has 1 atom stereocenters. The average Bonchev–Trinajstić information content (AvgIpc) is 2.48. The van der Waals surface area contributed by atoms with Crippen LogP contribution in [0.1, 0.15) is 17.7 Å². The molecule has 1 aliphatic carbocycles. The maximum atomic E-state index is 12.5. The van der Waals surface area contributed by atoms with Gasteiger partial charge in [0.1, 0.15) is 0 Å². The molecule has 1 amide bonds. The summed E-state index contributed by atoms with van der Waals surface area (Å²) < 4.78 is 6.64. The van der Waals surface area contributed by atoms with Crippen LogP contribution in [0.25, 0.3) is 0 Å². The lowest BCUT2D eigenvalue weighted by Crippen LogP contribution is -2.45. The number of morpholine rings is 1. The summed E-state index contributed by atoms with van der Waals surface area (Å²) in [6, 6.07) is 1.63. The molecule has 2 aliphatic rings. The summed E-state index contributed by atoms with van der Waals surface area (Å²) in [4.78, 5) is 26.0. The Morgan fingerprint density at radius 2 is 2.15 bits per heavy atom. The minimum atomic E-state index is -0.108. The molecular weight excluding hydrogens is 258 g/mol. The number of rotatable bonds is 1. The molecule has 2 heterocycles. The molecule has 1 aromatic rings. The van der Waals surface area contributed by atoms with E-state index in [2.05, 4.69) is 5.10 Å². The first-order valence-electron chi connectivity index (χ1n) is 7.08. The minimum Gasteiger partial charge on any atom is -0.378 e. The van der Waals surface area contributed by atoms with Crippen LogP contribution in [0.4, 0.5) is 0 Å². The molecule has 6 nitrogen and oxygen atoms in total. The van der Waals surface area contributed by atoms with Gasteiger partial charge in [0, 0.05) is 32.1 Å². The maximum Gasteiger partial charge on any atom is 0.266 e. The van der Waals surface area contributed by atoms with Crippen LogP contribution in [-0.2, 0) is 29.4 Å². The SMILES string of the molecule is Cn1nc2c(cc1=O)C[C@H](C(=O)N1CCOCC1)CC2. The molecule has 0 spiro atoms. The third-order valence-electron chi connectivity index (χ3n) is 4.13. The van der Waals surface area contributed by atoms with E-state index in [1.54, 1.807) is 13.1 Å². The third-order valence-corrected chi connectivity index (χ3v) is 4.13. The number of carbonyl (C=O) groups excluding carboxylic acids is 1. The van der Waals surface area contributed by atoms with Crippen molar-refractivity contribution < 1.29 is 9.53 Å². The predicted molar refractivity (Wildman–Crippen MR) is 72.4 cm³/mol. The fourth-order valence-electron chi connectivity index (χ4n) is 2.94. The summed E-state index contributed by atoms with van der Waals surface area (Å²) in [6.07, 6.45) is 2.22. The van der Waals surface area contributed by atoms with Crippen LogP contribution in [0.2, 0.25) is 0 Å². The molecular formula is C14H19N3O3. The highest BCUT2D eigenvalue weighted by atomic mass is 16.5. The van der Waals surface area contributed by atoms with E-state index in [9.17, 15) is 9.59 Å². The van der Waals surface area contributed by atoms with Crippen molar-refractivity contribution in [2.45, 2.75) is 19.3 Å². The van der Waals surface area contributed by atoms with Crippen molar-refractivity contribution in [1.82, 2.24) is 14.7 Å². The summed E-state index contributed by atoms with van der Waals surface area (Å²) in [7, 11) is 1.66. The molecule has 0 aromatic carbocycles. The summed E-state index contributed by atoms with van der Waals surface area (Å²) in [6.45, 7) is 2.60. The molecule has 108 valence electrons. The number of amides is 1. The van der Waals surface area contributed by atoms with Crippen LogP contribution in [0, 0.1) is 5.92 Å². The van der Waals surface area contributed by atoms with Crippen LogP contribution >= 0.6 is 0 Å². The van der Waals surface area contributed by atoms with E-state index < -0.39 is 0 Å². The Morgan fingerprint density at radius 3 is 2.90 bits per heavy atom. The number of carbonyl (C=O) groups is 1. The predicted octanol–water partition coefficient (Wildman–Crippen LogP) is -0.256. The Morgan fingerprint density at radius 1 is 1.40 bits per heavy atom. The highest BCUT2D eigenvalue weighted by molar-refractivity contribution is 5.79. The van der Waals surface area contributed by atoms with E-state index in [0.717, 1.165) is 24.1 Å². The van der Waals surface area contributed by atoms with Crippen molar-refractivity contribution >= 4 is 5.91 Å². The molecule has 1 saturated heterocycles. The van der Waals surface area contributed by atoms with Crippen LogP contribution in [0.15, 0.2) is 10.9 Å². The molecule has 0 radical (unpaired) electrons. The zero-order chi connectivity index (χ0) is 14.1. The molecule has 0 saturated carbocycles. The number of aromatic nitrogens is 2. The van der Waals surface area contributed by atoms with E-state index in [1.165, 1.54) is 4.68 Å². The van der Waals surface area contributed by atoms with E-state index >= 15 is 0 Å². The van der Waals surface area contributed by atoms with Crippen molar-refractivity contribution in [2.24, 2.45) is 13.0 Å². The first kappa shape index (κ1) is 13.3. The van der Waals surface area contributed by atoms with Crippen molar-refractivity contribution in [1.29, 1.82) is 0 Å². The molecule has 20 heavy (non-hydrogen) atoms. The number of aryl methyl sites for hydroxylation is 2. The van der Waals surface area contributed by atoms with Crippen LogP contribution in [-0.4, -0.2) is 46.9 Å². The summed E-state index contributed by atoms with van der Waals surface area (Å²) >= 11 is 0. The standard InChI is InChI=1S/C14H19N3O3/c1-16-13(18)9-11-8-10(2-3-12(11)15-16)14(19)17-4-6-20-7-5-17/h9-10H,2-8H2,1H3/t10-/m1/s1. The van der Waals surface area contributed by atoms with Crippen LogP contribution in [0.3, 0.4) is 0 Å². The Hall–Kier alpha value is -1.69. The molecule has 0 N–H and O–H groups in total. The largest absolute Gasteiger partial charge is 0.378 e. The first-order valence-corrected chi connectivity index (χ1v) is 7.08. The summed E-state index contributed by atoms with van der Waals surface area (Å²) in [5.74, 6) is 0.175. The number of hydrogen-bond acceptors (Lipinski definition) is 4. The molecule has 6 heteroatoms. The van der Waals surface area contributed by atoms with Gasteiger partial charge in [-0.15, -0.1) is 0 Å². The van der Waals surface area contributed by atoms with Gasteiger partial charge in [-0.25, -0.2) is 4.68 Å². The normalized spacial score (nSPS) is 22.4. The number of ether oxygens (including phenoxy) is 1. The third kappa shape index (κ3) is 2.47. The number of fused-ring (bicyclic) bond motifs is 1. The fraction of sp³-hybridized carbons (Fsp3) is 0.643. The average molecular weight is 277 g/mol. The van der Waals surface area contributed by atoms with Gasteiger partial charge in [-0.1, -0.05) is 0 Å². The summed E-state index contributed by atoms with van der Waals surface area (Å²) in [5.41, 5.74) is 1.78. The Labute approximate surface area is 117 Å². The van der Waals surface area contributed by atoms with Crippen molar-refractivity contribution in [2.75, 3.05) is 26.3 Å². The van der Waals surface area contributed by atoms with E-state index in [1.807, 2.05) is 4.90 Å². The molecule has 1 aliphatic heterocycles. The number of hydrogen-bond donors (Lipinski definition) is 0. The van der Waals surface area contributed by atoms with Gasteiger partial charge in [-0.2, -0.15) is 5.10 Å². The lowest BCUT2D eigenvalue weighted by molar-refractivity contribution is -0.140. The highest BCUT2D eigenvalue weighted by Gasteiger charge is 2.30. The maximum absolute atomic E-state index is 12.5. The second-order valence-corrected chi connectivity index (χ2v) is 5.46. The van der Waals surface area contributed by atoms with Gasteiger partial charge < -0.3 is 9.64 Å². The van der Waals surface area contributed by atoms with Crippen LogP contribution < -0.4 is 5.56 Å².